The fraction of sp³-hybridized carbons (Fsp3) is 0.500. The lowest BCUT2D eigenvalue weighted by Gasteiger charge is -2.34. The SMILES string of the molecule is CCOc1ccccc1NC(=S)N1CCN(C)CC1. The van der Waals surface area contributed by atoms with E-state index in [1.807, 2.05) is 31.2 Å². The van der Waals surface area contributed by atoms with E-state index in [1.54, 1.807) is 0 Å². The summed E-state index contributed by atoms with van der Waals surface area (Å²) in [5, 5.41) is 4.07. The summed E-state index contributed by atoms with van der Waals surface area (Å²) >= 11 is 5.48. The highest BCUT2D eigenvalue weighted by molar-refractivity contribution is 7.80. The van der Waals surface area contributed by atoms with Crippen LogP contribution in [0.15, 0.2) is 24.3 Å². The van der Waals surface area contributed by atoms with Crippen molar-refractivity contribution in [1.82, 2.24) is 9.80 Å². The first kappa shape index (κ1) is 14.1. The van der Waals surface area contributed by atoms with Gasteiger partial charge < -0.3 is 19.9 Å². The van der Waals surface area contributed by atoms with Crippen LogP contribution in [-0.4, -0.2) is 54.7 Å². The van der Waals surface area contributed by atoms with Crippen LogP contribution in [0.2, 0.25) is 0 Å². The fourth-order valence-corrected chi connectivity index (χ4v) is 2.35. The zero-order valence-electron chi connectivity index (χ0n) is 11.6. The molecule has 0 unspecified atom stereocenters. The third kappa shape index (κ3) is 3.81. The number of para-hydroxylation sites is 2. The lowest BCUT2D eigenvalue weighted by Crippen LogP contribution is -2.48. The van der Waals surface area contributed by atoms with Gasteiger partial charge in [-0.1, -0.05) is 12.1 Å². The lowest BCUT2D eigenvalue weighted by atomic mass is 10.3. The molecule has 0 atom stereocenters. The smallest absolute Gasteiger partial charge is 0.173 e. The summed E-state index contributed by atoms with van der Waals surface area (Å²) in [4.78, 5) is 4.52. The zero-order valence-corrected chi connectivity index (χ0v) is 12.4. The molecule has 1 fully saturated rings. The summed E-state index contributed by atoms with van der Waals surface area (Å²) in [5.74, 6) is 0.849. The number of likely N-dealkylation sites (N-methyl/N-ethyl adjacent to an activating group) is 1. The Labute approximate surface area is 120 Å². The Morgan fingerprint density at radius 1 is 1.26 bits per heavy atom. The number of nitrogens with zero attached hydrogens (tertiary/aromatic N) is 2. The van der Waals surface area contributed by atoms with Gasteiger partial charge >= 0.3 is 0 Å². The number of nitrogens with one attached hydrogen (secondary N) is 1. The van der Waals surface area contributed by atoms with Crippen molar-refractivity contribution < 1.29 is 4.74 Å². The first-order chi connectivity index (χ1) is 9.20. The minimum atomic E-state index is 0.653. The number of ether oxygens (including phenoxy) is 1. The molecular weight excluding hydrogens is 258 g/mol. The molecule has 0 amide bonds. The van der Waals surface area contributed by atoms with E-state index in [4.69, 9.17) is 17.0 Å². The number of rotatable bonds is 3. The third-order valence-electron chi connectivity index (χ3n) is 3.22. The average molecular weight is 279 g/mol. The van der Waals surface area contributed by atoms with Gasteiger partial charge in [-0.2, -0.15) is 0 Å². The molecule has 0 radical (unpaired) electrons. The van der Waals surface area contributed by atoms with Crippen LogP contribution >= 0.6 is 12.2 Å². The molecule has 19 heavy (non-hydrogen) atoms. The Morgan fingerprint density at radius 2 is 1.95 bits per heavy atom. The molecule has 1 saturated heterocycles. The quantitative estimate of drug-likeness (QED) is 0.855. The summed E-state index contributed by atoms with van der Waals surface area (Å²) in [7, 11) is 2.14. The van der Waals surface area contributed by atoms with Gasteiger partial charge in [0.25, 0.3) is 0 Å². The molecule has 104 valence electrons. The summed E-state index contributed by atoms with van der Waals surface area (Å²) < 4.78 is 5.59. The highest BCUT2D eigenvalue weighted by Gasteiger charge is 2.17. The second-order valence-corrected chi connectivity index (χ2v) is 5.04. The summed E-state index contributed by atoms with van der Waals surface area (Å²) in [6, 6.07) is 7.90. The van der Waals surface area contributed by atoms with Crippen molar-refractivity contribution in [3.05, 3.63) is 24.3 Å². The summed E-state index contributed by atoms with van der Waals surface area (Å²) in [6.07, 6.45) is 0. The van der Waals surface area contributed by atoms with Crippen molar-refractivity contribution in [2.75, 3.05) is 45.2 Å². The second-order valence-electron chi connectivity index (χ2n) is 4.65. The molecule has 1 aromatic carbocycles. The Bertz CT molecular complexity index is 430. The van der Waals surface area contributed by atoms with E-state index in [1.165, 1.54) is 0 Å². The molecule has 4 nitrogen and oxygen atoms in total. The van der Waals surface area contributed by atoms with Gasteiger partial charge in [0.2, 0.25) is 0 Å². The van der Waals surface area contributed by atoms with Gasteiger partial charge in [-0.15, -0.1) is 0 Å². The van der Waals surface area contributed by atoms with E-state index in [0.29, 0.717) is 6.61 Å². The largest absolute Gasteiger partial charge is 0.492 e. The van der Waals surface area contributed by atoms with Crippen LogP contribution in [0.25, 0.3) is 0 Å². The van der Waals surface area contributed by atoms with Gasteiger partial charge in [0.05, 0.1) is 12.3 Å². The Balaban J connectivity index is 1.98. The molecule has 1 N–H and O–H groups in total. The number of hydrogen-bond donors (Lipinski definition) is 1. The van der Waals surface area contributed by atoms with E-state index in [2.05, 4.69) is 22.2 Å². The standard InChI is InChI=1S/C14H21N3OS/c1-3-18-13-7-5-4-6-12(13)15-14(19)17-10-8-16(2)9-11-17/h4-7H,3,8-11H2,1-2H3,(H,15,19). The predicted octanol–water partition coefficient (Wildman–Crippen LogP) is 2.03. The first-order valence-corrected chi connectivity index (χ1v) is 7.08. The van der Waals surface area contributed by atoms with Crippen molar-refractivity contribution >= 4 is 23.0 Å². The van der Waals surface area contributed by atoms with Crippen LogP contribution in [0.5, 0.6) is 5.75 Å². The van der Waals surface area contributed by atoms with Crippen LogP contribution in [0.3, 0.4) is 0 Å². The number of thiocarbonyl (C=S) groups is 1. The third-order valence-corrected chi connectivity index (χ3v) is 3.58. The van der Waals surface area contributed by atoms with Gasteiger partial charge in [0, 0.05) is 26.2 Å². The van der Waals surface area contributed by atoms with E-state index in [9.17, 15) is 0 Å². The van der Waals surface area contributed by atoms with Gasteiger partial charge in [-0.05, 0) is 38.3 Å². The van der Waals surface area contributed by atoms with Crippen LogP contribution < -0.4 is 10.1 Å². The molecule has 0 spiro atoms. The molecule has 0 aliphatic carbocycles. The minimum Gasteiger partial charge on any atom is -0.492 e. The average Bonchev–Trinajstić information content (AvgIpc) is 2.42. The number of anilines is 1. The summed E-state index contributed by atoms with van der Waals surface area (Å²) in [5.41, 5.74) is 0.938. The maximum Gasteiger partial charge on any atom is 0.173 e. The van der Waals surface area contributed by atoms with Crippen molar-refractivity contribution in [2.24, 2.45) is 0 Å². The lowest BCUT2D eigenvalue weighted by molar-refractivity contribution is 0.217. The van der Waals surface area contributed by atoms with Crippen molar-refractivity contribution in [3.8, 4) is 5.75 Å². The molecule has 1 aliphatic rings. The molecule has 0 saturated carbocycles. The molecule has 5 heteroatoms. The molecule has 1 heterocycles. The maximum absolute atomic E-state index is 5.59. The second kappa shape index (κ2) is 6.73. The molecule has 1 aromatic rings. The Morgan fingerprint density at radius 3 is 2.63 bits per heavy atom. The van der Waals surface area contributed by atoms with Crippen LogP contribution in [0.4, 0.5) is 5.69 Å². The predicted molar refractivity (Wildman–Crippen MR) is 82.9 cm³/mol. The highest BCUT2D eigenvalue weighted by Crippen LogP contribution is 2.24. The molecular formula is C14H21N3OS. The first-order valence-electron chi connectivity index (χ1n) is 6.67. The van der Waals surface area contributed by atoms with Gasteiger partial charge in [-0.3, -0.25) is 0 Å². The monoisotopic (exact) mass is 279 g/mol. The van der Waals surface area contributed by atoms with Crippen LogP contribution in [0, 0.1) is 0 Å². The fourth-order valence-electron chi connectivity index (χ4n) is 2.06. The van der Waals surface area contributed by atoms with E-state index in [-0.39, 0.29) is 0 Å². The highest BCUT2D eigenvalue weighted by atomic mass is 32.1. The Hall–Kier alpha value is -1.33. The van der Waals surface area contributed by atoms with Gasteiger partial charge in [0.15, 0.2) is 5.11 Å². The van der Waals surface area contributed by atoms with Gasteiger partial charge in [0.1, 0.15) is 5.75 Å². The van der Waals surface area contributed by atoms with Crippen molar-refractivity contribution in [2.45, 2.75) is 6.92 Å². The van der Waals surface area contributed by atoms with E-state index in [0.717, 1.165) is 42.7 Å². The molecule has 0 bridgehead atoms. The van der Waals surface area contributed by atoms with Gasteiger partial charge in [-0.25, -0.2) is 0 Å². The van der Waals surface area contributed by atoms with Crippen molar-refractivity contribution in [1.29, 1.82) is 0 Å². The van der Waals surface area contributed by atoms with E-state index >= 15 is 0 Å². The maximum atomic E-state index is 5.59. The van der Waals surface area contributed by atoms with Crippen molar-refractivity contribution in [3.63, 3.8) is 0 Å². The topological polar surface area (TPSA) is 27.7 Å². The zero-order chi connectivity index (χ0) is 13.7. The normalized spacial score (nSPS) is 16.2. The summed E-state index contributed by atoms with van der Waals surface area (Å²) in [6.45, 7) is 6.68. The number of benzene rings is 1. The minimum absolute atomic E-state index is 0.653. The van der Waals surface area contributed by atoms with Crippen LogP contribution in [0.1, 0.15) is 6.92 Å². The van der Waals surface area contributed by atoms with Crippen LogP contribution in [-0.2, 0) is 0 Å². The van der Waals surface area contributed by atoms with E-state index < -0.39 is 0 Å². The molecule has 0 aromatic heterocycles. The molecule has 1 aliphatic heterocycles. The number of piperazine rings is 1. The molecule has 2 rings (SSSR count). The Kier molecular flexibility index (Phi) is 4.99. The number of hydrogen-bond acceptors (Lipinski definition) is 3.